The van der Waals surface area contributed by atoms with Crippen LogP contribution >= 0.6 is 0 Å². The molecule has 3 aromatic rings. The monoisotopic (exact) mass is 382 g/mol. The Morgan fingerprint density at radius 1 is 1.11 bits per heavy atom. The molecule has 9 heteroatoms. The predicted molar refractivity (Wildman–Crippen MR) is 106 cm³/mol. The van der Waals surface area contributed by atoms with Gasteiger partial charge in [0.2, 0.25) is 11.8 Å². The standard InChI is InChI=1S/C19H22N6O3/c1-28-17-4-5-20-19(22-17)24-8-6-23(7-9-24)14-2-3-15-16(12-14)21-13-25(10-11-26)18(15)27/h2-5,12-13,26H,6-11H2,1H3. The molecule has 1 N–H and O–H groups in total. The number of methoxy groups -OCH3 is 1. The van der Waals surface area contributed by atoms with Crippen molar-refractivity contribution in [2.75, 3.05) is 49.7 Å². The van der Waals surface area contributed by atoms with Crippen LogP contribution in [0.5, 0.6) is 5.88 Å². The summed E-state index contributed by atoms with van der Waals surface area (Å²) in [5, 5.41) is 9.61. The molecule has 0 amide bonds. The van der Waals surface area contributed by atoms with Gasteiger partial charge in [-0.2, -0.15) is 4.98 Å². The van der Waals surface area contributed by atoms with E-state index in [0.29, 0.717) is 22.7 Å². The molecule has 1 aliphatic heterocycles. The smallest absolute Gasteiger partial charge is 0.261 e. The van der Waals surface area contributed by atoms with Crippen molar-refractivity contribution in [3.05, 3.63) is 47.1 Å². The van der Waals surface area contributed by atoms with Gasteiger partial charge in [-0.05, 0) is 18.2 Å². The summed E-state index contributed by atoms with van der Waals surface area (Å²) >= 11 is 0. The number of hydrogen-bond donors (Lipinski definition) is 1. The number of benzene rings is 1. The number of aromatic nitrogens is 4. The first-order chi connectivity index (χ1) is 13.7. The van der Waals surface area contributed by atoms with Gasteiger partial charge >= 0.3 is 0 Å². The quantitative estimate of drug-likeness (QED) is 0.682. The first-order valence-corrected chi connectivity index (χ1v) is 9.16. The first kappa shape index (κ1) is 18.2. The Labute approximate surface area is 161 Å². The number of rotatable bonds is 5. The third kappa shape index (κ3) is 3.48. The fraction of sp³-hybridized carbons (Fsp3) is 0.368. The molecule has 1 saturated heterocycles. The van der Waals surface area contributed by atoms with Crippen LogP contribution in [0, 0.1) is 0 Å². The molecule has 0 bridgehead atoms. The Balaban J connectivity index is 1.50. The molecule has 3 heterocycles. The number of piperazine rings is 1. The second kappa shape index (κ2) is 7.81. The zero-order valence-corrected chi connectivity index (χ0v) is 15.7. The highest BCUT2D eigenvalue weighted by molar-refractivity contribution is 5.81. The van der Waals surface area contributed by atoms with Gasteiger partial charge in [0, 0.05) is 44.1 Å². The van der Waals surface area contributed by atoms with Gasteiger partial charge in [0.05, 0.1) is 37.5 Å². The maximum absolute atomic E-state index is 12.4. The Hall–Kier alpha value is -3.20. The van der Waals surface area contributed by atoms with Gasteiger partial charge in [0.15, 0.2) is 0 Å². The summed E-state index contributed by atoms with van der Waals surface area (Å²) < 4.78 is 6.60. The van der Waals surface area contributed by atoms with E-state index in [0.717, 1.165) is 31.9 Å². The van der Waals surface area contributed by atoms with Crippen molar-refractivity contribution in [3.63, 3.8) is 0 Å². The molecule has 0 atom stereocenters. The minimum atomic E-state index is -0.134. The van der Waals surface area contributed by atoms with Gasteiger partial charge in [-0.1, -0.05) is 0 Å². The normalized spacial score (nSPS) is 14.5. The summed E-state index contributed by atoms with van der Waals surface area (Å²) in [6, 6.07) is 7.44. The van der Waals surface area contributed by atoms with Crippen LogP contribution in [0.15, 0.2) is 41.6 Å². The highest BCUT2D eigenvalue weighted by Gasteiger charge is 2.20. The summed E-state index contributed by atoms with van der Waals surface area (Å²) in [5.41, 5.74) is 1.56. The zero-order valence-electron chi connectivity index (χ0n) is 15.7. The molecule has 1 aromatic carbocycles. The van der Waals surface area contributed by atoms with E-state index in [1.807, 2.05) is 18.2 Å². The molecule has 9 nitrogen and oxygen atoms in total. The Morgan fingerprint density at radius 3 is 2.64 bits per heavy atom. The molecule has 4 rings (SSSR count). The van der Waals surface area contributed by atoms with E-state index < -0.39 is 0 Å². The molecule has 146 valence electrons. The Kier molecular flexibility index (Phi) is 5.07. The summed E-state index contributed by atoms with van der Waals surface area (Å²) in [6.07, 6.45) is 3.19. The summed E-state index contributed by atoms with van der Waals surface area (Å²) in [5.74, 6) is 1.23. The fourth-order valence-corrected chi connectivity index (χ4v) is 3.37. The number of nitrogens with zero attached hydrogens (tertiary/aromatic N) is 6. The van der Waals surface area contributed by atoms with Crippen molar-refractivity contribution in [2.24, 2.45) is 0 Å². The molecule has 1 aliphatic rings. The lowest BCUT2D eigenvalue weighted by molar-refractivity contribution is 0.274. The summed E-state index contributed by atoms with van der Waals surface area (Å²) in [6.45, 7) is 3.36. The van der Waals surface area contributed by atoms with Gasteiger partial charge < -0.3 is 19.6 Å². The maximum Gasteiger partial charge on any atom is 0.261 e. The average Bonchev–Trinajstić information content (AvgIpc) is 2.76. The lowest BCUT2D eigenvalue weighted by Gasteiger charge is -2.36. The second-order valence-corrected chi connectivity index (χ2v) is 6.54. The summed E-state index contributed by atoms with van der Waals surface area (Å²) in [7, 11) is 1.59. The van der Waals surface area contributed by atoms with E-state index >= 15 is 0 Å². The first-order valence-electron chi connectivity index (χ1n) is 9.16. The molecular formula is C19H22N6O3. The van der Waals surface area contributed by atoms with Gasteiger partial charge in [0.1, 0.15) is 0 Å². The molecule has 28 heavy (non-hydrogen) atoms. The maximum atomic E-state index is 12.4. The zero-order chi connectivity index (χ0) is 19.5. The van der Waals surface area contributed by atoms with Crippen LogP contribution in [0.3, 0.4) is 0 Å². The van der Waals surface area contributed by atoms with Crippen molar-refractivity contribution < 1.29 is 9.84 Å². The largest absolute Gasteiger partial charge is 0.481 e. The topological polar surface area (TPSA) is 96.6 Å². The number of fused-ring (bicyclic) bond motifs is 1. The molecular weight excluding hydrogens is 360 g/mol. The second-order valence-electron chi connectivity index (χ2n) is 6.54. The molecule has 0 spiro atoms. The number of aliphatic hydroxyl groups is 1. The molecule has 0 unspecified atom stereocenters. The van der Waals surface area contributed by atoms with Crippen LogP contribution < -0.4 is 20.1 Å². The number of hydrogen-bond acceptors (Lipinski definition) is 8. The molecule has 0 aliphatic carbocycles. The Bertz CT molecular complexity index is 1030. The lowest BCUT2D eigenvalue weighted by Crippen LogP contribution is -2.47. The lowest BCUT2D eigenvalue weighted by atomic mass is 10.2. The predicted octanol–water partition coefficient (Wildman–Crippen LogP) is 0.514. The molecule has 0 radical (unpaired) electrons. The minimum absolute atomic E-state index is 0.0908. The molecule has 1 fully saturated rings. The van der Waals surface area contributed by atoms with Crippen molar-refractivity contribution >= 4 is 22.5 Å². The fourth-order valence-electron chi connectivity index (χ4n) is 3.37. The van der Waals surface area contributed by atoms with Crippen LogP contribution in [-0.4, -0.2) is 64.5 Å². The van der Waals surface area contributed by atoms with Crippen LogP contribution in [0.2, 0.25) is 0 Å². The van der Waals surface area contributed by atoms with E-state index in [-0.39, 0.29) is 18.7 Å². The highest BCUT2D eigenvalue weighted by atomic mass is 16.5. The minimum Gasteiger partial charge on any atom is -0.481 e. The third-order valence-electron chi connectivity index (χ3n) is 4.90. The molecule has 0 saturated carbocycles. The van der Waals surface area contributed by atoms with E-state index in [4.69, 9.17) is 9.84 Å². The van der Waals surface area contributed by atoms with Crippen LogP contribution in [-0.2, 0) is 6.54 Å². The van der Waals surface area contributed by atoms with Gasteiger partial charge in [-0.3, -0.25) is 9.36 Å². The number of aliphatic hydroxyl groups excluding tert-OH is 1. The van der Waals surface area contributed by atoms with Crippen molar-refractivity contribution in [1.29, 1.82) is 0 Å². The van der Waals surface area contributed by atoms with E-state index in [9.17, 15) is 4.79 Å². The van der Waals surface area contributed by atoms with Crippen LogP contribution in [0.25, 0.3) is 10.9 Å². The SMILES string of the molecule is COc1ccnc(N2CCN(c3ccc4c(=O)n(CCO)cnc4c3)CC2)n1. The van der Waals surface area contributed by atoms with E-state index in [2.05, 4.69) is 24.8 Å². The highest BCUT2D eigenvalue weighted by Crippen LogP contribution is 2.22. The van der Waals surface area contributed by atoms with E-state index in [1.54, 1.807) is 19.4 Å². The number of ether oxygens (including phenoxy) is 1. The average molecular weight is 382 g/mol. The van der Waals surface area contributed by atoms with Crippen LogP contribution in [0.4, 0.5) is 11.6 Å². The third-order valence-corrected chi connectivity index (χ3v) is 4.90. The van der Waals surface area contributed by atoms with Gasteiger partial charge in [-0.15, -0.1) is 0 Å². The summed E-state index contributed by atoms with van der Waals surface area (Å²) in [4.78, 5) is 29.9. The van der Waals surface area contributed by atoms with Crippen molar-refractivity contribution in [1.82, 2.24) is 19.5 Å². The van der Waals surface area contributed by atoms with Crippen molar-refractivity contribution in [2.45, 2.75) is 6.54 Å². The van der Waals surface area contributed by atoms with Gasteiger partial charge in [0.25, 0.3) is 5.56 Å². The van der Waals surface area contributed by atoms with E-state index in [1.165, 1.54) is 10.9 Å². The Morgan fingerprint density at radius 2 is 1.89 bits per heavy atom. The molecule has 2 aromatic heterocycles. The van der Waals surface area contributed by atoms with Crippen LogP contribution in [0.1, 0.15) is 0 Å². The number of anilines is 2. The van der Waals surface area contributed by atoms with Crippen molar-refractivity contribution in [3.8, 4) is 5.88 Å². The van der Waals surface area contributed by atoms with Gasteiger partial charge in [-0.25, -0.2) is 9.97 Å².